The van der Waals surface area contributed by atoms with Crippen molar-refractivity contribution in [1.82, 2.24) is 19.3 Å². The molecule has 6 nitrogen and oxygen atoms in total. The number of fused-ring (bicyclic) bond motifs is 1. The van der Waals surface area contributed by atoms with E-state index in [9.17, 15) is 4.79 Å². The number of alkyl halides is 1. The summed E-state index contributed by atoms with van der Waals surface area (Å²) in [6.45, 7) is 7.62. The molecule has 0 aliphatic heterocycles. The maximum atomic E-state index is 11.9. The van der Waals surface area contributed by atoms with Crippen molar-refractivity contribution < 1.29 is 4.79 Å². The average Bonchev–Trinajstić information content (AvgIpc) is 2.79. The molecule has 0 aliphatic rings. The summed E-state index contributed by atoms with van der Waals surface area (Å²) in [7, 11) is 1.83. The highest BCUT2D eigenvalue weighted by molar-refractivity contribution is 6.20. The largest absolute Gasteiger partial charge is 0.368 e. The lowest BCUT2D eigenvalue weighted by atomic mass is 10.0. The minimum Gasteiger partial charge on any atom is -0.368 e. The number of hydrogen-bond acceptors (Lipinski definition) is 3. The molecule has 0 radical (unpaired) electrons. The maximum Gasteiger partial charge on any atom is 0.240 e. The van der Waals surface area contributed by atoms with E-state index in [0.29, 0.717) is 5.82 Å². The topological polar surface area (TPSA) is 78.7 Å². The molecule has 0 aliphatic carbocycles. The molecule has 2 heterocycles. The molecule has 2 aromatic rings. The Morgan fingerprint density at radius 1 is 1.35 bits per heavy atom. The van der Waals surface area contributed by atoms with E-state index in [1.165, 1.54) is 0 Å². The SMILES string of the molecule is Cc1nn(C)c2c1nc(C(C)Cl)n2C(C(N)=O)C(C)C. The van der Waals surface area contributed by atoms with Crippen molar-refractivity contribution in [3.05, 3.63) is 11.5 Å². The van der Waals surface area contributed by atoms with Crippen LogP contribution in [0.15, 0.2) is 0 Å². The number of nitrogens with zero attached hydrogens (tertiary/aromatic N) is 4. The number of imidazole rings is 1. The van der Waals surface area contributed by atoms with Gasteiger partial charge in [-0.2, -0.15) is 5.10 Å². The fourth-order valence-corrected chi connectivity index (χ4v) is 2.78. The van der Waals surface area contributed by atoms with Gasteiger partial charge in [0.1, 0.15) is 17.4 Å². The van der Waals surface area contributed by atoms with Gasteiger partial charge in [-0.15, -0.1) is 11.6 Å². The van der Waals surface area contributed by atoms with Crippen molar-refractivity contribution in [2.75, 3.05) is 0 Å². The smallest absolute Gasteiger partial charge is 0.240 e. The summed E-state index contributed by atoms with van der Waals surface area (Å²) in [6, 6.07) is -0.494. The summed E-state index contributed by atoms with van der Waals surface area (Å²) in [5.74, 6) is 0.293. The van der Waals surface area contributed by atoms with E-state index >= 15 is 0 Å². The number of aryl methyl sites for hydroxylation is 2. The second kappa shape index (κ2) is 5.09. The Bertz CT molecular complexity index is 655. The summed E-state index contributed by atoms with van der Waals surface area (Å²) in [5.41, 5.74) is 7.94. The van der Waals surface area contributed by atoms with Gasteiger partial charge in [-0.1, -0.05) is 13.8 Å². The van der Waals surface area contributed by atoms with E-state index in [0.717, 1.165) is 16.9 Å². The van der Waals surface area contributed by atoms with Crippen LogP contribution < -0.4 is 5.73 Å². The Balaban J connectivity index is 2.83. The molecule has 0 saturated carbocycles. The number of primary amides is 1. The van der Waals surface area contributed by atoms with Gasteiger partial charge in [-0.25, -0.2) is 4.98 Å². The van der Waals surface area contributed by atoms with Crippen molar-refractivity contribution in [1.29, 1.82) is 0 Å². The number of amides is 1. The zero-order valence-electron chi connectivity index (χ0n) is 12.4. The summed E-state index contributed by atoms with van der Waals surface area (Å²) in [5, 5.41) is 4.03. The summed E-state index contributed by atoms with van der Waals surface area (Å²) in [4.78, 5) is 16.4. The van der Waals surface area contributed by atoms with Crippen LogP contribution in [0, 0.1) is 12.8 Å². The van der Waals surface area contributed by atoms with E-state index < -0.39 is 11.9 Å². The van der Waals surface area contributed by atoms with Crippen molar-refractivity contribution in [3.63, 3.8) is 0 Å². The first-order chi connectivity index (χ1) is 9.25. The van der Waals surface area contributed by atoms with Crippen molar-refractivity contribution >= 4 is 28.7 Å². The van der Waals surface area contributed by atoms with Crippen molar-refractivity contribution in [2.24, 2.45) is 18.7 Å². The van der Waals surface area contributed by atoms with Crippen LogP contribution in [0.25, 0.3) is 11.2 Å². The third-order valence-corrected chi connectivity index (χ3v) is 3.61. The monoisotopic (exact) mass is 297 g/mol. The van der Waals surface area contributed by atoms with E-state index in [2.05, 4.69) is 10.1 Å². The normalized spacial score (nSPS) is 14.9. The van der Waals surface area contributed by atoms with Crippen molar-refractivity contribution in [3.8, 4) is 0 Å². The highest BCUT2D eigenvalue weighted by Crippen LogP contribution is 2.31. The molecule has 0 spiro atoms. The Kier molecular flexibility index (Phi) is 3.77. The molecular weight excluding hydrogens is 278 g/mol. The molecule has 20 heavy (non-hydrogen) atoms. The number of hydrogen-bond donors (Lipinski definition) is 1. The Hall–Kier alpha value is -1.56. The standard InChI is InChI=1S/C13H20ClN5O/c1-6(2)10(11(15)20)19-12(7(3)14)16-9-8(4)17-18(5)13(9)19/h6-7,10H,1-5H3,(H2,15,20). The molecule has 0 fully saturated rings. The molecule has 110 valence electrons. The van der Waals surface area contributed by atoms with Crippen LogP contribution >= 0.6 is 11.6 Å². The molecule has 0 aromatic carbocycles. The van der Waals surface area contributed by atoms with Crippen LogP contribution in [0.5, 0.6) is 0 Å². The third kappa shape index (κ3) is 2.18. The van der Waals surface area contributed by atoms with Crippen LogP contribution in [0.4, 0.5) is 0 Å². The summed E-state index contributed by atoms with van der Waals surface area (Å²) >= 11 is 6.23. The summed E-state index contributed by atoms with van der Waals surface area (Å²) < 4.78 is 3.55. The zero-order valence-corrected chi connectivity index (χ0v) is 13.1. The van der Waals surface area contributed by atoms with Gasteiger partial charge < -0.3 is 5.73 Å². The van der Waals surface area contributed by atoms with Crippen LogP contribution in [-0.2, 0) is 11.8 Å². The van der Waals surface area contributed by atoms with E-state index in [1.807, 2.05) is 39.3 Å². The van der Waals surface area contributed by atoms with Crippen LogP contribution in [-0.4, -0.2) is 25.2 Å². The molecule has 0 saturated heterocycles. The minimum absolute atomic E-state index is 0.0364. The number of carbonyl (C=O) groups is 1. The number of halogens is 1. The number of nitrogens with two attached hydrogens (primary N) is 1. The first-order valence-electron chi connectivity index (χ1n) is 6.60. The van der Waals surface area contributed by atoms with Gasteiger partial charge in [-0.05, 0) is 19.8 Å². The molecule has 2 aromatic heterocycles. The van der Waals surface area contributed by atoms with Gasteiger partial charge in [0.15, 0.2) is 5.65 Å². The fourth-order valence-electron chi connectivity index (χ4n) is 2.62. The van der Waals surface area contributed by atoms with Crippen LogP contribution in [0.2, 0.25) is 0 Å². The minimum atomic E-state index is -0.494. The van der Waals surface area contributed by atoms with Gasteiger partial charge in [-0.3, -0.25) is 14.0 Å². The maximum absolute atomic E-state index is 11.9. The molecule has 2 unspecified atom stereocenters. The quantitative estimate of drug-likeness (QED) is 0.877. The predicted octanol–water partition coefficient (Wildman–Crippen LogP) is 2.06. The lowest BCUT2D eigenvalue weighted by Crippen LogP contribution is -2.32. The first kappa shape index (κ1) is 14.8. The Morgan fingerprint density at radius 3 is 2.40 bits per heavy atom. The van der Waals surface area contributed by atoms with E-state index in [4.69, 9.17) is 17.3 Å². The van der Waals surface area contributed by atoms with Crippen LogP contribution in [0.3, 0.4) is 0 Å². The Labute approximate surface area is 122 Å². The third-order valence-electron chi connectivity index (χ3n) is 3.42. The zero-order chi connectivity index (χ0) is 15.2. The molecule has 2 atom stereocenters. The molecule has 2 N–H and O–H groups in total. The van der Waals surface area contributed by atoms with E-state index in [-0.39, 0.29) is 11.3 Å². The predicted molar refractivity (Wildman–Crippen MR) is 78.6 cm³/mol. The highest BCUT2D eigenvalue weighted by Gasteiger charge is 2.30. The molecular formula is C13H20ClN5O. The molecule has 7 heteroatoms. The molecule has 1 amide bonds. The fraction of sp³-hybridized carbons (Fsp3) is 0.615. The average molecular weight is 298 g/mol. The van der Waals surface area contributed by atoms with Gasteiger partial charge in [0.05, 0.1) is 11.1 Å². The number of aromatic nitrogens is 4. The highest BCUT2D eigenvalue weighted by atomic mass is 35.5. The lowest BCUT2D eigenvalue weighted by Gasteiger charge is -2.22. The number of carbonyl (C=O) groups excluding carboxylic acids is 1. The lowest BCUT2D eigenvalue weighted by molar-refractivity contribution is -0.122. The van der Waals surface area contributed by atoms with E-state index in [1.54, 1.807) is 4.68 Å². The molecule has 0 bridgehead atoms. The number of rotatable bonds is 4. The summed E-state index contributed by atoms with van der Waals surface area (Å²) in [6.07, 6.45) is 0. The van der Waals surface area contributed by atoms with Crippen LogP contribution in [0.1, 0.15) is 43.7 Å². The van der Waals surface area contributed by atoms with Gasteiger partial charge in [0, 0.05) is 7.05 Å². The second-order valence-electron chi connectivity index (χ2n) is 5.43. The molecule has 2 rings (SSSR count). The van der Waals surface area contributed by atoms with Crippen molar-refractivity contribution in [2.45, 2.75) is 39.1 Å². The first-order valence-corrected chi connectivity index (χ1v) is 7.04. The van der Waals surface area contributed by atoms with Gasteiger partial charge in [0.25, 0.3) is 0 Å². The van der Waals surface area contributed by atoms with Gasteiger partial charge in [0.2, 0.25) is 5.91 Å². The second-order valence-corrected chi connectivity index (χ2v) is 6.08. The van der Waals surface area contributed by atoms with Gasteiger partial charge >= 0.3 is 0 Å². The Morgan fingerprint density at radius 2 is 1.95 bits per heavy atom.